The molecule has 1 aliphatic heterocycles. The summed E-state index contributed by atoms with van der Waals surface area (Å²) in [7, 11) is 0. The highest BCUT2D eigenvalue weighted by Crippen LogP contribution is 2.33. The lowest BCUT2D eigenvalue weighted by atomic mass is 9.93. The molecule has 0 amide bonds. The Bertz CT molecular complexity index is 621. The van der Waals surface area contributed by atoms with Crippen molar-refractivity contribution in [2.45, 2.75) is 18.8 Å². The Balaban J connectivity index is 1.64. The molecule has 0 aliphatic carbocycles. The van der Waals surface area contributed by atoms with Crippen LogP contribution in [0.3, 0.4) is 0 Å². The number of hydrogen-bond acceptors (Lipinski definition) is 2. The number of carbonyl (C=O) groups is 1. The zero-order valence-electron chi connectivity index (χ0n) is 11.1. The summed E-state index contributed by atoms with van der Waals surface area (Å²) in [6.45, 7) is 0.873. The van der Waals surface area contributed by atoms with E-state index in [1.54, 1.807) is 0 Å². The molecular formula is C17H16INO. The lowest BCUT2D eigenvalue weighted by molar-refractivity contribution is -0.118. The molecule has 3 heteroatoms. The lowest BCUT2D eigenvalue weighted by Gasteiger charge is -2.09. The van der Waals surface area contributed by atoms with Gasteiger partial charge in [0.1, 0.15) is 5.78 Å². The number of benzene rings is 2. The van der Waals surface area contributed by atoms with Crippen molar-refractivity contribution < 1.29 is 4.79 Å². The van der Waals surface area contributed by atoms with Crippen molar-refractivity contribution in [1.29, 1.82) is 0 Å². The highest BCUT2D eigenvalue weighted by atomic mass is 127. The summed E-state index contributed by atoms with van der Waals surface area (Å²) in [6, 6.07) is 16.5. The van der Waals surface area contributed by atoms with Crippen molar-refractivity contribution in [3.05, 3.63) is 63.2 Å². The van der Waals surface area contributed by atoms with Crippen LogP contribution in [0.25, 0.3) is 0 Å². The van der Waals surface area contributed by atoms with Gasteiger partial charge in [-0.1, -0.05) is 30.3 Å². The van der Waals surface area contributed by atoms with Gasteiger partial charge in [0.05, 0.1) is 0 Å². The van der Waals surface area contributed by atoms with E-state index in [-0.39, 0.29) is 0 Å². The minimum atomic E-state index is 0.315. The van der Waals surface area contributed by atoms with Gasteiger partial charge in [0.2, 0.25) is 0 Å². The number of para-hydroxylation sites is 1. The number of nitrogens with one attached hydrogen (secondary N) is 1. The van der Waals surface area contributed by atoms with Crippen molar-refractivity contribution in [1.82, 2.24) is 0 Å². The molecule has 0 saturated carbocycles. The Hall–Kier alpha value is -1.36. The summed E-state index contributed by atoms with van der Waals surface area (Å²) in [5.74, 6) is 0.636. The highest BCUT2D eigenvalue weighted by Gasteiger charge is 2.23. The van der Waals surface area contributed by atoms with Crippen LogP contribution in [-0.4, -0.2) is 12.3 Å². The molecule has 0 spiro atoms. The first-order chi connectivity index (χ1) is 9.72. The average Bonchev–Trinajstić information content (AvgIpc) is 2.85. The van der Waals surface area contributed by atoms with Crippen LogP contribution in [0.1, 0.15) is 23.5 Å². The van der Waals surface area contributed by atoms with Gasteiger partial charge in [-0.25, -0.2) is 0 Å². The first-order valence-electron chi connectivity index (χ1n) is 6.81. The Morgan fingerprint density at radius 2 is 1.90 bits per heavy atom. The van der Waals surface area contributed by atoms with Crippen LogP contribution in [0, 0.1) is 3.57 Å². The summed E-state index contributed by atoms with van der Waals surface area (Å²) in [4.78, 5) is 12.2. The third kappa shape index (κ3) is 3.03. The van der Waals surface area contributed by atoms with Crippen LogP contribution in [0.2, 0.25) is 0 Å². The molecule has 0 aromatic heterocycles. The Morgan fingerprint density at radius 1 is 1.15 bits per heavy atom. The Labute approximate surface area is 132 Å². The van der Waals surface area contributed by atoms with Gasteiger partial charge in [0, 0.05) is 34.6 Å². The number of ketones is 1. The quantitative estimate of drug-likeness (QED) is 0.817. The molecule has 0 saturated heterocycles. The van der Waals surface area contributed by atoms with Gasteiger partial charge in [-0.05, 0) is 51.9 Å². The van der Waals surface area contributed by atoms with Crippen molar-refractivity contribution in [3.8, 4) is 0 Å². The van der Waals surface area contributed by atoms with Gasteiger partial charge in [0.15, 0.2) is 0 Å². The van der Waals surface area contributed by atoms with Gasteiger partial charge in [-0.2, -0.15) is 0 Å². The van der Waals surface area contributed by atoms with Gasteiger partial charge in [0.25, 0.3) is 0 Å². The van der Waals surface area contributed by atoms with E-state index in [0.717, 1.165) is 12.1 Å². The van der Waals surface area contributed by atoms with Crippen LogP contribution in [0.4, 0.5) is 5.69 Å². The first kappa shape index (κ1) is 13.6. The van der Waals surface area contributed by atoms with E-state index in [9.17, 15) is 4.79 Å². The highest BCUT2D eigenvalue weighted by molar-refractivity contribution is 14.1. The molecule has 0 bridgehead atoms. The average molecular weight is 377 g/mol. The smallest absolute Gasteiger partial charge is 0.137 e. The molecule has 2 aromatic carbocycles. The van der Waals surface area contributed by atoms with E-state index in [0.29, 0.717) is 24.5 Å². The Morgan fingerprint density at radius 3 is 2.70 bits per heavy atom. The van der Waals surface area contributed by atoms with E-state index < -0.39 is 0 Å². The van der Waals surface area contributed by atoms with E-state index in [4.69, 9.17) is 0 Å². The number of fused-ring (bicyclic) bond motifs is 1. The zero-order chi connectivity index (χ0) is 13.9. The number of carbonyl (C=O) groups excluding carboxylic acids is 1. The van der Waals surface area contributed by atoms with Crippen molar-refractivity contribution in [2.75, 3.05) is 11.9 Å². The second-order valence-corrected chi connectivity index (χ2v) is 6.46. The van der Waals surface area contributed by atoms with Crippen LogP contribution in [-0.2, 0) is 11.2 Å². The van der Waals surface area contributed by atoms with Crippen LogP contribution in [0.5, 0.6) is 0 Å². The molecular weight excluding hydrogens is 361 g/mol. The summed E-state index contributed by atoms with van der Waals surface area (Å²) >= 11 is 2.28. The maximum absolute atomic E-state index is 12.2. The van der Waals surface area contributed by atoms with Crippen molar-refractivity contribution in [3.63, 3.8) is 0 Å². The standard InChI is InChI=1S/C17H16INO/c18-14-7-5-12(6-8-14)9-15(20)10-13-11-19-17-4-2-1-3-16(13)17/h1-8,13,19H,9-11H2. The number of halogens is 1. The molecule has 1 atom stereocenters. The predicted octanol–water partition coefficient (Wildman–Crippen LogP) is 4.00. The topological polar surface area (TPSA) is 29.1 Å². The molecule has 1 N–H and O–H groups in total. The molecule has 0 radical (unpaired) electrons. The van der Waals surface area contributed by atoms with Crippen LogP contribution < -0.4 is 5.32 Å². The maximum Gasteiger partial charge on any atom is 0.137 e. The van der Waals surface area contributed by atoms with Crippen molar-refractivity contribution in [2.24, 2.45) is 0 Å². The molecule has 0 fully saturated rings. The van der Waals surface area contributed by atoms with E-state index in [2.05, 4.69) is 52.2 Å². The SMILES string of the molecule is O=C(Cc1ccc(I)cc1)CC1CNc2ccccc21. The van der Waals surface area contributed by atoms with E-state index >= 15 is 0 Å². The van der Waals surface area contributed by atoms with E-state index in [1.807, 2.05) is 24.3 Å². The third-order valence-electron chi connectivity index (χ3n) is 3.73. The third-order valence-corrected chi connectivity index (χ3v) is 4.45. The predicted molar refractivity (Wildman–Crippen MR) is 90.2 cm³/mol. The number of Topliss-reactive ketones (excluding diaryl/α,β-unsaturated/α-hetero) is 1. The monoisotopic (exact) mass is 377 g/mol. The minimum absolute atomic E-state index is 0.315. The molecule has 20 heavy (non-hydrogen) atoms. The summed E-state index contributed by atoms with van der Waals surface area (Å²) in [5.41, 5.74) is 3.57. The fourth-order valence-corrected chi connectivity index (χ4v) is 3.08. The molecule has 2 nitrogen and oxygen atoms in total. The number of rotatable bonds is 4. The second kappa shape index (κ2) is 5.95. The normalized spacial score (nSPS) is 16.6. The fraction of sp³-hybridized carbons (Fsp3) is 0.235. The summed E-state index contributed by atoms with van der Waals surface area (Å²) < 4.78 is 1.20. The fourth-order valence-electron chi connectivity index (χ4n) is 2.72. The van der Waals surface area contributed by atoms with Crippen molar-refractivity contribution >= 4 is 34.1 Å². The largest absolute Gasteiger partial charge is 0.384 e. The molecule has 1 aliphatic rings. The summed E-state index contributed by atoms with van der Waals surface area (Å²) in [6.07, 6.45) is 1.16. The molecule has 1 heterocycles. The number of hydrogen-bond donors (Lipinski definition) is 1. The zero-order valence-corrected chi connectivity index (χ0v) is 13.3. The lowest BCUT2D eigenvalue weighted by Crippen LogP contribution is -2.11. The molecule has 3 rings (SSSR count). The van der Waals surface area contributed by atoms with E-state index in [1.165, 1.54) is 14.8 Å². The van der Waals surface area contributed by atoms with Gasteiger partial charge < -0.3 is 5.32 Å². The molecule has 2 aromatic rings. The Kier molecular flexibility index (Phi) is 4.05. The second-order valence-electron chi connectivity index (χ2n) is 5.21. The first-order valence-corrected chi connectivity index (χ1v) is 7.89. The summed E-state index contributed by atoms with van der Waals surface area (Å²) in [5, 5.41) is 3.37. The maximum atomic E-state index is 12.2. The molecule has 102 valence electrons. The van der Waals surface area contributed by atoms with Gasteiger partial charge >= 0.3 is 0 Å². The van der Waals surface area contributed by atoms with Gasteiger partial charge in [-0.15, -0.1) is 0 Å². The van der Waals surface area contributed by atoms with Crippen LogP contribution in [0.15, 0.2) is 48.5 Å². The van der Waals surface area contributed by atoms with Gasteiger partial charge in [-0.3, -0.25) is 4.79 Å². The minimum Gasteiger partial charge on any atom is -0.384 e. The molecule has 1 unspecified atom stereocenters. The van der Waals surface area contributed by atoms with Crippen LogP contribution >= 0.6 is 22.6 Å². The number of anilines is 1.